The Labute approximate surface area is 98.9 Å². The van der Waals surface area contributed by atoms with Crippen molar-refractivity contribution >= 4 is 31.5 Å². The van der Waals surface area contributed by atoms with E-state index in [0.717, 1.165) is 15.7 Å². The first kappa shape index (κ1) is 12.5. The van der Waals surface area contributed by atoms with Crippen molar-refractivity contribution in [3.8, 4) is 0 Å². The predicted molar refractivity (Wildman–Crippen MR) is 67.1 cm³/mol. The fourth-order valence-corrected chi connectivity index (χ4v) is 2.24. The first-order chi connectivity index (χ1) is 6.88. The molecule has 84 valence electrons. The average molecular weight is 292 g/mol. The molecule has 0 saturated heterocycles. The lowest BCUT2D eigenvalue weighted by Crippen LogP contribution is -2.14. The lowest BCUT2D eigenvalue weighted by Gasteiger charge is -2.08. The molecule has 0 radical (unpaired) electrons. The third-order valence-electron chi connectivity index (χ3n) is 1.91. The van der Waals surface area contributed by atoms with Gasteiger partial charge in [-0.15, -0.1) is 0 Å². The second-order valence-corrected chi connectivity index (χ2v) is 6.65. The normalized spacial score (nSPS) is 11.4. The standard InChI is InChI=1S/C10H14BrNO2S/c1-8-3-4-10(9(11)7-8)12-5-6-15(2,13)14/h3-4,7,12H,5-6H2,1-2H3. The van der Waals surface area contributed by atoms with Gasteiger partial charge in [-0.25, -0.2) is 8.42 Å². The van der Waals surface area contributed by atoms with Crippen LogP contribution in [0.1, 0.15) is 5.56 Å². The highest BCUT2D eigenvalue weighted by Gasteiger charge is 2.03. The van der Waals surface area contributed by atoms with E-state index in [9.17, 15) is 8.42 Å². The molecule has 0 fully saturated rings. The summed E-state index contributed by atoms with van der Waals surface area (Å²) in [6.45, 7) is 2.44. The van der Waals surface area contributed by atoms with Crippen LogP contribution in [0, 0.1) is 6.92 Å². The van der Waals surface area contributed by atoms with Gasteiger partial charge >= 0.3 is 0 Å². The molecule has 0 aromatic heterocycles. The molecule has 1 aromatic rings. The van der Waals surface area contributed by atoms with Crippen LogP contribution in [0.25, 0.3) is 0 Å². The minimum Gasteiger partial charge on any atom is -0.383 e. The summed E-state index contributed by atoms with van der Waals surface area (Å²) in [5.41, 5.74) is 2.08. The summed E-state index contributed by atoms with van der Waals surface area (Å²) in [5.74, 6) is 0.146. The Morgan fingerprint density at radius 2 is 2.07 bits per heavy atom. The average Bonchev–Trinajstić information content (AvgIpc) is 2.07. The van der Waals surface area contributed by atoms with Gasteiger partial charge in [-0.2, -0.15) is 0 Å². The van der Waals surface area contributed by atoms with Crippen molar-refractivity contribution in [1.82, 2.24) is 0 Å². The maximum Gasteiger partial charge on any atom is 0.149 e. The minimum absolute atomic E-state index is 0.146. The van der Waals surface area contributed by atoms with Crippen LogP contribution < -0.4 is 5.32 Å². The summed E-state index contributed by atoms with van der Waals surface area (Å²) in [7, 11) is -2.89. The molecule has 0 heterocycles. The highest BCUT2D eigenvalue weighted by Crippen LogP contribution is 2.22. The second kappa shape index (κ2) is 4.99. The van der Waals surface area contributed by atoms with E-state index in [4.69, 9.17) is 0 Å². The largest absolute Gasteiger partial charge is 0.383 e. The fraction of sp³-hybridized carbons (Fsp3) is 0.400. The zero-order valence-corrected chi connectivity index (χ0v) is 11.2. The van der Waals surface area contributed by atoms with Crippen molar-refractivity contribution in [1.29, 1.82) is 0 Å². The van der Waals surface area contributed by atoms with E-state index >= 15 is 0 Å². The van der Waals surface area contributed by atoms with Crippen molar-refractivity contribution in [3.05, 3.63) is 28.2 Å². The Balaban J connectivity index is 2.59. The molecule has 0 amide bonds. The van der Waals surface area contributed by atoms with Crippen LogP contribution in [-0.4, -0.2) is 27.0 Å². The monoisotopic (exact) mass is 291 g/mol. The molecule has 0 bridgehead atoms. The summed E-state index contributed by atoms with van der Waals surface area (Å²) in [4.78, 5) is 0. The quantitative estimate of drug-likeness (QED) is 0.925. The van der Waals surface area contributed by atoms with Crippen LogP contribution in [0.2, 0.25) is 0 Å². The number of benzene rings is 1. The van der Waals surface area contributed by atoms with Crippen LogP contribution in [0.3, 0.4) is 0 Å². The Bertz CT molecular complexity index is 443. The lowest BCUT2D eigenvalue weighted by molar-refractivity contribution is 0.602. The van der Waals surface area contributed by atoms with Gasteiger partial charge in [-0.1, -0.05) is 6.07 Å². The number of anilines is 1. The second-order valence-electron chi connectivity index (χ2n) is 3.54. The van der Waals surface area contributed by atoms with Crippen molar-refractivity contribution in [2.45, 2.75) is 6.92 Å². The van der Waals surface area contributed by atoms with Gasteiger partial charge in [-0.3, -0.25) is 0 Å². The summed E-state index contributed by atoms with van der Waals surface area (Å²) in [6, 6.07) is 5.90. The van der Waals surface area contributed by atoms with Crippen LogP contribution in [0.15, 0.2) is 22.7 Å². The van der Waals surface area contributed by atoms with Crippen molar-refractivity contribution < 1.29 is 8.42 Å². The summed E-state index contributed by atoms with van der Waals surface area (Å²) in [5, 5.41) is 3.07. The van der Waals surface area contributed by atoms with Gasteiger partial charge in [0.1, 0.15) is 9.84 Å². The van der Waals surface area contributed by atoms with Gasteiger partial charge in [0, 0.05) is 23.0 Å². The summed E-state index contributed by atoms with van der Waals surface area (Å²) < 4.78 is 22.8. The topological polar surface area (TPSA) is 46.2 Å². The van der Waals surface area contributed by atoms with Crippen molar-refractivity contribution in [2.24, 2.45) is 0 Å². The number of nitrogens with one attached hydrogen (secondary N) is 1. The van der Waals surface area contributed by atoms with Crippen LogP contribution >= 0.6 is 15.9 Å². The van der Waals surface area contributed by atoms with Crippen LogP contribution in [-0.2, 0) is 9.84 Å². The van der Waals surface area contributed by atoms with Crippen LogP contribution in [0.5, 0.6) is 0 Å². The molecule has 0 aliphatic rings. The molecule has 1 N–H and O–H groups in total. The fourth-order valence-electron chi connectivity index (χ4n) is 1.13. The zero-order chi connectivity index (χ0) is 11.5. The molecule has 0 unspecified atom stereocenters. The Kier molecular flexibility index (Phi) is 4.16. The van der Waals surface area contributed by atoms with Gasteiger partial charge in [0.15, 0.2) is 0 Å². The van der Waals surface area contributed by atoms with Crippen molar-refractivity contribution in [3.63, 3.8) is 0 Å². The molecule has 1 aromatic carbocycles. The van der Waals surface area contributed by atoms with Gasteiger partial charge in [-0.05, 0) is 40.5 Å². The number of hydrogen-bond donors (Lipinski definition) is 1. The highest BCUT2D eigenvalue weighted by molar-refractivity contribution is 9.10. The number of sulfone groups is 1. The number of rotatable bonds is 4. The summed E-state index contributed by atoms with van der Waals surface area (Å²) in [6.07, 6.45) is 1.23. The van der Waals surface area contributed by atoms with Gasteiger partial charge in [0.2, 0.25) is 0 Å². The van der Waals surface area contributed by atoms with E-state index in [1.54, 1.807) is 0 Å². The SMILES string of the molecule is Cc1ccc(NCCS(C)(=O)=O)c(Br)c1. The number of aryl methyl sites for hydroxylation is 1. The molecule has 0 spiro atoms. The number of halogens is 1. The van der Waals surface area contributed by atoms with E-state index in [-0.39, 0.29) is 5.75 Å². The Morgan fingerprint density at radius 3 is 2.60 bits per heavy atom. The molecule has 3 nitrogen and oxygen atoms in total. The number of hydrogen-bond acceptors (Lipinski definition) is 3. The Hall–Kier alpha value is -0.550. The predicted octanol–water partition coefficient (Wildman–Crippen LogP) is 2.21. The first-order valence-electron chi connectivity index (χ1n) is 4.56. The van der Waals surface area contributed by atoms with Gasteiger partial charge in [0.25, 0.3) is 0 Å². The molecular weight excluding hydrogens is 278 g/mol. The smallest absolute Gasteiger partial charge is 0.149 e. The van der Waals surface area contributed by atoms with E-state index < -0.39 is 9.84 Å². The molecule has 0 aliphatic carbocycles. The third kappa shape index (κ3) is 4.66. The van der Waals surface area contributed by atoms with Gasteiger partial charge in [0.05, 0.1) is 5.75 Å². The van der Waals surface area contributed by atoms with Crippen molar-refractivity contribution in [2.75, 3.05) is 23.9 Å². The molecule has 0 atom stereocenters. The van der Waals surface area contributed by atoms with E-state index in [0.29, 0.717) is 6.54 Å². The summed E-state index contributed by atoms with van der Waals surface area (Å²) >= 11 is 3.42. The maximum absolute atomic E-state index is 10.9. The molecule has 1 rings (SSSR count). The van der Waals surface area contributed by atoms with E-state index in [1.807, 2.05) is 25.1 Å². The van der Waals surface area contributed by atoms with Crippen LogP contribution in [0.4, 0.5) is 5.69 Å². The molecule has 5 heteroatoms. The molecule has 0 aliphatic heterocycles. The maximum atomic E-state index is 10.9. The van der Waals surface area contributed by atoms with E-state index in [2.05, 4.69) is 21.2 Å². The zero-order valence-electron chi connectivity index (χ0n) is 8.75. The third-order valence-corrected chi connectivity index (χ3v) is 3.51. The Morgan fingerprint density at radius 1 is 1.40 bits per heavy atom. The molecular formula is C10H14BrNO2S. The lowest BCUT2D eigenvalue weighted by atomic mass is 10.2. The first-order valence-corrected chi connectivity index (χ1v) is 7.41. The molecule has 15 heavy (non-hydrogen) atoms. The minimum atomic E-state index is -2.89. The molecule has 0 saturated carbocycles. The van der Waals surface area contributed by atoms with Gasteiger partial charge < -0.3 is 5.32 Å². The highest BCUT2D eigenvalue weighted by atomic mass is 79.9. The van der Waals surface area contributed by atoms with E-state index in [1.165, 1.54) is 6.26 Å².